The van der Waals surface area contributed by atoms with Crippen LogP contribution in [-0.4, -0.2) is 11.1 Å². The third-order valence-corrected chi connectivity index (χ3v) is 3.47. The van der Waals surface area contributed by atoms with E-state index in [1.165, 1.54) is 12.1 Å². The number of hydrogen-bond acceptors (Lipinski definition) is 5. The van der Waals surface area contributed by atoms with Gasteiger partial charge in [0.2, 0.25) is 0 Å². The van der Waals surface area contributed by atoms with E-state index < -0.39 is 5.63 Å². The highest BCUT2D eigenvalue weighted by molar-refractivity contribution is 9.10. The van der Waals surface area contributed by atoms with Crippen LogP contribution >= 0.6 is 15.9 Å². The maximum atomic E-state index is 11.5. The summed E-state index contributed by atoms with van der Waals surface area (Å²) in [5, 5.41) is 10.2. The molecule has 1 aromatic heterocycles. The number of benzene rings is 1. The number of hydrogen-bond donors (Lipinski definition) is 1. The summed E-state index contributed by atoms with van der Waals surface area (Å²) in [6, 6.07) is 4.22. The molecule has 0 atom stereocenters. The number of phenolic OH excluding ortho intramolecular Hbond substituents is 1. The molecule has 2 rings (SSSR count). The smallest absolute Gasteiger partial charge is 0.336 e. The van der Waals surface area contributed by atoms with Gasteiger partial charge >= 0.3 is 11.6 Å². The predicted molar refractivity (Wildman–Crippen MR) is 81.1 cm³/mol. The Morgan fingerprint density at radius 1 is 1.43 bits per heavy atom. The van der Waals surface area contributed by atoms with Crippen LogP contribution in [0, 0.1) is 0 Å². The second-order valence-corrected chi connectivity index (χ2v) is 5.23. The summed E-state index contributed by atoms with van der Waals surface area (Å²) >= 11 is 3.19. The molecule has 5 nitrogen and oxygen atoms in total. The minimum atomic E-state index is -0.568. The number of carbonyl (C=O) groups excluding carboxylic acids is 1. The van der Waals surface area contributed by atoms with E-state index >= 15 is 0 Å². The zero-order valence-corrected chi connectivity index (χ0v) is 12.7. The standard InChI is InChI=1S/C15H13BrO5/c1-2-3-4-14(18)20-8-9-5-15(19)21-13-7-12(17)11(16)6-10(9)13/h2,5-7,17H,1,3-4,8H2. The SMILES string of the molecule is C=CCCC(=O)OCc1cc(=O)oc2cc(O)c(Br)cc12. The number of esters is 1. The topological polar surface area (TPSA) is 76.7 Å². The van der Waals surface area contributed by atoms with Gasteiger partial charge in [0.1, 0.15) is 17.9 Å². The number of allylic oxidation sites excluding steroid dienone is 1. The van der Waals surface area contributed by atoms with E-state index in [4.69, 9.17) is 9.15 Å². The molecular formula is C15H13BrO5. The number of rotatable bonds is 5. The van der Waals surface area contributed by atoms with Crippen LogP contribution in [0.1, 0.15) is 18.4 Å². The molecule has 0 aliphatic carbocycles. The third kappa shape index (κ3) is 3.72. The number of carbonyl (C=O) groups is 1. The maximum absolute atomic E-state index is 11.5. The summed E-state index contributed by atoms with van der Waals surface area (Å²) in [5.41, 5.74) is 0.190. The Kier molecular flexibility index (Phi) is 4.80. The number of fused-ring (bicyclic) bond motifs is 1. The van der Waals surface area contributed by atoms with E-state index in [0.717, 1.165) is 0 Å². The monoisotopic (exact) mass is 352 g/mol. The molecule has 0 spiro atoms. The van der Waals surface area contributed by atoms with Crippen molar-refractivity contribution in [1.29, 1.82) is 0 Å². The van der Waals surface area contributed by atoms with E-state index in [-0.39, 0.29) is 30.3 Å². The third-order valence-electron chi connectivity index (χ3n) is 2.84. The molecule has 0 amide bonds. The fourth-order valence-electron chi connectivity index (χ4n) is 1.81. The van der Waals surface area contributed by atoms with E-state index in [2.05, 4.69) is 22.5 Å². The Labute approximate surface area is 129 Å². The zero-order chi connectivity index (χ0) is 15.4. The van der Waals surface area contributed by atoms with Crippen molar-refractivity contribution in [2.75, 3.05) is 0 Å². The molecule has 0 saturated carbocycles. The highest BCUT2D eigenvalue weighted by atomic mass is 79.9. The fourth-order valence-corrected chi connectivity index (χ4v) is 2.15. The van der Waals surface area contributed by atoms with Gasteiger partial charge in [0.05, 0.1) is 4.47 Å². The molecule has 6 heteroatoms. The molecule has 1 N–H and O–H groups in total. The first kappa shape index (κ1) is 15.3. The normalized spacial score (nSPS) is 10.5. The molecule has 110 valence electrons. The molecule has 0 aliphatic rings. The summed E-state index contributed by atoms with van der Waals surface area (Å²) < 4.78 is 10.6. The van der Waals surface area contributed by atoms with E-state index in [1.807, 2.05) is 0 Å². The molecule has 2 aromatic rings. The van der Waals surface area contributed by atoms with Gasteiger partial charge in [0.15, 0.2) is 0 Å². The van der Waals surface area contributed by atoms with Crippen molar-refractivity contribution in [3.05, 3.63) is 51.3 Å². The number of halogens is 1. The summed E-state index contributed by atoms with van der Waals surface area (Å²) in [6.45, 7) is 3.50. The van der Waals surface area contributed by atoms with E-state index in [0.29, 0.717) is 21.8 Å². The van der Waals surface area contributed by atoms with Crippen molar-refractivity contribution >= 4 is 32.9 Å². The number of phenols is 1. The first-order valence-corrected chi connectivity index (χ1v) is 7.02. The van der Waals surface area contributed by atoms with Crippen molar-refractivity contribution in [3.8, 4) is 5.75 Å². The van der Waals surface area contributed by atoms with Crippen LogP contribution in [0.2, 0.25) is 0 Å². The molecule has 0 saturated heterocycles. The van der Waals surface area contributed by atoms with E-state index in [1.54, 1.807) is 12.1 Å². The Bertz CT molecular complexity index is 748. The van der Waals surface area contributed by atoms with Gasteiger partial charge in [-0.15, -0.1) is 6.58 Å². The molecule has 1 aromatic carbocycles. The first-order chi connectivity index (χ1) is 10.0. The van der Waals surface area contributed by atoms with Crippen LogP contribution in [0.15, 0.2) is 44.5 Å². The predicted octanol–water partition coefficient (Wildman–Crippen LogP) is 3.27. The molecule has 0 fully saturated rings. The Balaban J connectivity index is 2.30. The summed E-state index contributed by atoms with van der Waals surface area (Å²) in [6.07, 6.45) is 2.41. The Morgan fingerprint density at radius 3 is 2.90 bits per heavy atom. The van der Waals surface area contributed by atoms with Crippen molar-refractivity contribution in [2.24, 2.45) is 0 Å². The van der Waals surface area contributed by atoms with Gasteiger partial charge in [0, 0.05) is 29.5 Å². The molecule has 1 heterocycles. The van der Waals surface area contributed by atoms with Crippen molar-refractivity contribution in [1.82, 2.24) is 0 Å². The highest BCUT2D eigenvalue weighted by Crippen LogP contribution is 2.30. The lowest BCUT2D eigenvalue weighted by atomic mass is 10.1. The van der Waals surface area contributed by atoms with Gasteiger partial charge in [-0.1, -0.05) is 6.08 Å². The summed E-state index contributed by atoms with van der Waals surface area (Å²) in [7, 11) is 0. The average molecular weight is 353 g/mol. The summed E-state index contributed by atoms with van der Waals surface area (Å²) in [4.78, 5) is 23.0. The molecule has 0 aliphatic heterocycles. The quantitative estimate of drug-likeness (QED) is 0.507. The lowest BCUT2D eigenvalue weighted by Crippen LogP contribution is -2.07. The molecule has 0 radical (unpaired) electrons. The second kappa shape index (κ2) is 6.58. The van der Waals surface area contributed by atoms with Crippen LogP contribution in [0.4, 0.5) is 0 Å². The van der Waals surface area contributed by atoms with Crippen LogP contribution in [0.3, 0.4) is 0 Å². The maximum Gasteiger partial charge on any atom is 0.336 e. The lowest BCUT2D eigenvalue weighted by molar-refractivity contribution is -0.144. The molecule has 0 bridgehead atoms. The van der Waals surface area contributed by atoms with Crippen LogP contribution in [0.25, 0.3) is 11.0 Å². The van der Waals surface area contributed by atoms with Gasteiger partial charge in [-0.05, 0) is 28.4 Å². The van der Waals surface area contributed by atoms with Crippen LogP contribution in [0.5, 0.6) is 5.75 Å². The lowest BCUT2D eigenvalue weighted by Gasteiger charge is -2.08. The minimum absolute atomic E-state index is 0.0324. The Hall–Kier alpha value is -2.08. The van der Waals surface area contributed by atoms with Gasteiger partial charge in [-0.3, -0.25) is 4.79 Å². The van der Waals surface area contributed by atoms with Crippen molar-refractivity contribution in [3.63, 3.8) is 0 Å². The molecule has 21 heavy (non-hydrogen) atoms. The molecular weight excluding hydrogens is 340 g/mol. The second-order valence-electron chi connectivity index (χ2n) is 4.38. The van der Waals surface area contributed by atoms with Gasteiger partial charge in [-0.2, -0.15) is 0 Å². The molecule has 0 unspecified atom stereocenters. The number of aromatic hydroxyl groups is 1. The number of ether oxygens (including phenoxy) is 1. The van der Waals surface area contributed by atoms with Gasteiger partial charge in [-0.25, -0.2) is 4.79 Å². The van der Waals surface area contributed by atoms with Crippen LogP contribution < -0.4 is 5.63 Å². The summed E-state index contributed by atoms with van der Waals surface area (Å²) in [5.74, 6) is -0.403. The largest absolute Gasteiger partial charge is 0.507 e. The van der Waals surface area contributed by atoms with Gasteiger partial charge in [0.25, 0.3) is 0 Å². The van der Waals surface area contributed by atoms with Crippen molar-refractivity contribution < 1.29 is 19.1 Å². The van der Waals surface area contributed by atoms with E-state index in [9.17, 15) is 14.7 Å². The fraction of sp³-hybridized carbons (Fsp3) is 0.200. The average Bonchev–Trinajstić information content (AvgIpc) is 2.44. The minimum Gasteiger partial charge on any atom is -0.507 e. The zero-order valence-electron chi connectivity index (χ0n) is 11.1. The van der Waals surface area contributed by atoms with Gasteiger partial charge < -0.3 is 14.3 Å². The van der Waals surface area contributed by atoms with Crippen molar-refractivity contribution in [2.45, 2.75) is 19.4 Å². The van der Waals surface area contributed by atoms with Crippen LogP contribution in [-0.2, 0) is 16.1 Å². The Morgan fingerprint density at radius 2 is 2.19 bits per heavy atom. The highest BCUT2D eigenvalue weighted by Gasteiger charge is 2.11. The first-order valence-electron chi connectivity index (χ1n) is 6.23.